The largest absolute Gasteiger partial charge is 0.351 e. The molecule has 1 aromatic rings. The van der Waals surface area contributed by atoms with Crippen LogP contribution in [-0.4, -0.2) is 11.0 Å². The van der Waals surface area contributed by atoms with Crippen LogP contribution < -0.4 is 11.1 Å². The molecule has 2 rings (SSSR count). The smallest absolute Gasteiger partial charge is 0.318 e. The van der Waals surface area contributed by atoms with Gasteiger partial charge in [-0.3, -0.25) is 5.32 Å². The number of amides is 2. The van der Waals surface area contributed by atoms with Gasteiger partial charge in [0, 0.05) is 11.6 Å². The zero-order valence-corrected chi connectivity index (χ0v) is 11.4. The molecule has 0 radical (unpaired) electrons. The highest BCUT2D eigenvalue weighted by Crippen LogP contribution is 2.15. The van der Waals surface area contributed by atoms with Crippen LogP contribution in [0.15, 0.2) is 23.2 Å². The Balaban J connectivity index is 0.000000289. The Morgan fingerprint density at radius 2 is 2.22 bits per heavy atom. The van der Waals surface area contributed by atoms with Crippen LogP contribution in [0.4, 0.5) is 9.93 Å². The van der Waals surface area contributed by atoms with Crippen molar-refractivity contribution < 1.29 is 4.79 Å². The number of anilines is 1. The molecule has 0 aliphatic heterocycles. The molecule has 4 nitrogen and oxygen atoms in total. The molecule has 0 saturated carbocycles. The number of nitrogens with two attached hydrogens (primary N) is 1. The summed E-state index contributed by atoms with van der Waals surface area (Å²) in [6.45, 7) is 2.22. The summed E-state index contributed by atoms with van der Waals surface area (Å²) >= 11 is 1.33. The van der Waals surface area contributed by atoms with E-state index in [0.717, 1.165) is 0 Å². The molecule has 0 spiro atoms. The Morgan fingerprint density at radius 3 is 2.56 bits per heavy atom. The van der Waals surface area contributed by atoms with Gasteiger partial charge in [-0.05, 0) is 32.6 Å². The minimum Gasteiger partial charge on any atom is -0.351 e. The molecule has 2 amide bonds. The lowest BCUT2D eigenvalue weighted by molar-refractivity contribution is 0.259. The van der Waals surface area contributed by atoms with Gasteiger partial charge < -0.3 is 5.73 Å². The lowest BCUT2D eigenvalue weighted by atomic mass is 10.0. The molecule has 1 aromatic heterocycles. The van der Waals surface area contributed by atoms with E-state index in [9.17, 15) is 4.79 Å². The van der Waals surface area contributed by atoms with Crippen molar-refractivity contribution in [2.75, 3.05) is 5.32 Å². The van der Waals surface area contributed by atoms with Crippen LogP contribution in [0.3, 0.4) is 0 Å². The predicted molar refractivity (Wildman–Crippen MR) is 77.4 cm³/mol. The number of thiazole rings is 1. The molecule has 98 valence electrons. The third-order valence-electron chi connectivity index (χ3n) is 2.18. The van der Waals surface area contributed by atoms with Crippen molar-refractivity contribution in [3.63, 3.8) is 0 Å². The van der Waals surface area contributed by atoms with Gasteiger partial charge in [-0.15, -0.1) is 24.2 Å². The van der Waals surface area contributed by atoms with E-state index in [4.69, 9.17) is 5.73 Å². The van der Waals surface area contributed by atoms with E-state index < -0.39 is 6.03 Å². The van der Waals surface area contributed by atoms with E-state index in [2.05, 4.69) is 36.1 Å². The lowest BCUT2D eigenvalue weighted by Crippen LogP contribution is -2.18. The van der Waals surface area contributed by atoms with Crippen molar-refractivity contribution in [2.24, 2.45) is 5.73 Å². The van der Waals surface area contributed by atoms with Crippen LogP contribution in [0, 0.1) is 12.8 Å². The number of hydrogen-bond acceptors (Lipinski definition) is 3. The van der Waals surface area contributed by atoms with Gasteiger partial charge in [0.05, 0.1) is 0 Å². The monoisotopic (exact) mass is 265 g/mol. The van der Waals surface area contributed by atoms with Gasteiger partial charge in [-0.1, -0.05) is 11.6 Å². The summed E-state index contributed by atoms with van der Waals surface area (Å²) in [6.07, 6.45) is 17.4. The molecule has 1 aliphatic rings. The number of carbonyl (C=O) groups excluding carboxylic acids is 1. The summed E-state index contributed by atoms with van der Waals surface area (Å²) in [5.41, 5.74) is 6.39. The Labute approximate surface area is 112 Å². The number of nitrogens with zero attached hydrogens (tertiary/aromatic N) is 1. The van der Waals surface area contributed by atoms with Crippen molar-refractivity contribution in [2.45, 2.75) is 32.6 Å². The first-order chi connectivity index (χ1) is 8.68. The van der Waals surface area contributed by atoms with Crippen molar-refractivity contribution in [1.29, 1.82) is 0 Å². The van der Waals surface area contributed by atoms with Crippen LogP contribution in [0.2, 0.25) is 0 Å². The van der Waals surface area contributed by atoms with Gasteiger partial charge in [0.15, 0.2) is 5.13 Å². The van der Waals surface area contributed by atoms with Crippen LogP contribution in [0.5, 0.6) is 0 Å². The molecule has 0 aromatic carbocycles. The molecular weight excluding hydrogens is 246 g/mol. The molecule has 0 unspecified atom stereocenters. The highest BCUT2D eigenvalue weighted by atomic mass is 32.1. The third-order valence-corrected chi connectivity index (χ3v) is 2.87. The Morgan fingerprint density at radius 1 is 1.50 bits per heavy atom. The number of urea groups is 1. The fourth-order valence-corrected chi connectivity index (χ4v) is 1.92. The third kappa shape index (κ3) is 8.36. The number of primary amides is 1. The van der Waals surface area contributed by atoms with Crippen molar-refractivity contribution >= 4 is 22.5 Å². The minimum atomic E-state index is -0.579. The first-order valence-electron chi connectivity index (χ1n) is 5.63. The topological polar surface area (TPSA) is 68.0 Å². The van der Waals surface area contributed by atoms with Gasteiger partial charge in [0.1, 0.15) is 0 Å². The van der Waals surface area contributed by atoms with Crippen molar-refractivity contribution in [3.05, 3.63) is 23.2 Å². The molecule has 0 saturated heterocycles. The number of hydrogen-bond donors (Lipinski definition) is 2. The number of nitrogens with one attached hydrogen (secondary N) is 1. The van der Waals surface area contributed by atoms with E-state index in [0.29, 0.717) is 5.13 Å². The fraction of sp³-hybridized carbons (Fsp3) is 0.385. The van der Waals surface area contributed by atoms with Gasteiger partial charge in [0.25, 0.3) is 0 Å². The van der Waals surface area contributed by atoms with E-state index in [-0.39, 0.29) is 0 Å². The van der Waals surface area contributed by atoms with Gasteiger partial charge in [0.2, 0.25) is 0 Å². The quantitative estimate of drug-likeness (QED) is 0.603. The number of aromatic nitrogens is 1. The van der Waals surface area contributed by atoms with Crippen LogP contribution in [-0.2, 0) is 0 Å². The number of rotatable bonds is 1. The summed E-state index contributed by atoms with van der Waals surface area (Å²) in [4.78, 5) is 13.9. The standard InChI is InChI=1S/C7H12.C4H5N3OS.C2H2/c1-7-5-3-2-4-6-7;5-3(8)7-4-6-1-2-9-4;1-2/h5H,2-4,6H2,1H3;1-2H,(H3,5,6,7,8);1-2H. The summed E-state index contributed by atoms with van der Waals surface area (Å²) in [7, 11) is 0. The highest BCUT2D eigenvalue weighted by Gasteiger charge is 1.95. The Kier molecular flexibility index (Phi) is 9.32. The maximum Gasteiger partial charge on any atom is 0.318 e. The second kappa shape index (κ2) is 10.4. The zero-order chi connectivity index (χ0) is 13.8. The number of carbonyl (C=O) groups is 1. The summed E-state index contributed by atoms with van der Waals surface area (Å²) < 4.78 is 0. The summed E-state index contributed by atoms with van der Waals surface area (Å²) in [5, 5.41) is 4.62. The normalized spacial score (nSPS) is 12.9. The molecule has 0 atom stereocenters. The van der Waals surface area contributed by atoms with E-state index in [1.165, 1.54) is 37.0 Å². The zero-order valence-electron chi connectivity index (χ0n) is 10.6. The van der Waals surface area contributed by atoms with Gasteiger partial charge in [-0.25, -0.2) is 9.78 Å². The molecule has 1 aliphatic carbocycles. The predicted octanol–water partition coefficient (Wildman–Crippen LogP) is 3.39. The maximum atomic E-state index is 10.1. The molecule has 18 heavy (non-hydrogen) atoms. The summed E-state index contributed by atoms with van der Waals surface area (Å²) in [5.74, 6) is 0. The van der Waals surface area contributed by atoms with Crippen LogP contribution in [0.1, 0.15) is 32.6 Å². The SMILES string of the molecule is C#C.CC1=CCCCC1.NC(=O)Nc1nccs1. The lowest BCUT2D eigenvalue weighted by Gasteiger charge is -2.05. The average Bonchev–Trinajstić information content (AvgIpc) is 2.85. The van der Waals surface area contributed by atoms with E-state index in [1.54, 1.807) is 17.2 Å². The van der Waals surface area contributed by atoms with Crippen LogP contribution in [0.25, 0.3) is 0 Å². The maximum absolute atomic E-state index is 10.1. The van der Waals surface area contributed by atoms with E-state index >= 15 is 0 Å². The molecule has 3 N–H and O–H groups in total. The second-order valence-electron chi connectivity index (χ2n) is 3.62. The highest BCUT2D eigenvalue weighted by molar-refractivity contribution is 7.13. The minimum absolute atomic E-state index is 0.530. The fourth-order valence-electron chi connectivity index (χ4n) is 1.39. The van der Waals surface area contributed by atoms with Crippen molar-refractivity contribution in [3.8, 4) is 12.8 Å². The first-order valence-corrected chi connectivity index (χ1v) is 6.51. The second-order valence-corrected chi connectivity index (χ2v) is 4.52. The van der Waals surface area contributed by atoms with Gasteiger partial charge in [-0.2, -0.15) is 0 Å². The number of allylic oxidation sites excluding steroid dienone is 2. The van der Waals surface area contributed by atoms with Crippen LogP contribution >= 0.6 is 11.3 Å². The molecule has 0 fully saturated rings. The molecular formula is C13H19N3OS. The van der Waals surface area contributed by atoms with E-state index in [1.807, 2.05) is 0 Å². The van der Waals surface area contributed by atoms with Gasteiger partial charge >= 0.3 is 6.03 Å². The Hall–Kier alpha value is -1.80. The average molecular weight is 265 g/mol. The molecule has 0 bridgehead atoms. The number of terminal acetylenes is 1. The van der Waals surface area contributed by atoms with Crippen molar-refractivity contribution in [1.82, 2.24) is 4.98 Å². The molecule has 5 heteroatoms. The first kappa shape index (κ1) is 16.2. The Bertz CT molecular complexity index is 382. The summed E-state index contributed by atoms with van der Waals surface area (Å²) in [6, 6.07) is -0.579. The molecule has 1 heterocycles.